The van der Waals surface area contributed by atoms with Crippen LogP contribution in [0.15, 0.2) is 22.6 Å². The topological polar surface area (TPSA) is 64.8 Å². The van der Waals surface area contributed by atoms with Gasteiger partial charge in [0.2, 0.25) is 0 Å². The Morgan fingerprint density at radius 3 is 3.00 bits per heavy atom. The Morgan fingerprint density at radius 1 is 1.48 bits per heavy atom. The fraction of sp³-hybridized carbons (Fsp3) is 0.529. The molecular formula is C17H22N2O4. The van der Waals surface area contributed by atoms with Crippen molar-refractivity contribution in [2.75, 3.05) is 26.8 Å². The number of fused-ring (bicyclic) bond motifs is 1. The lowest BCUT2D eigenvalue weighted by Crippen LogP contribution is -2.55. The number of nitrogens with zero attached hydrogens (tertiary/aromatic N) is 2. The SMILES string of the molecule is COCC1CN(C(=O)c2cc3nc(C)ccc3o2)CC(C)(C)O1. The Morgan fingerprint density at radius 2 is 2.26 bits per heavy atom. The molecule has 1 aliphatic rings. The highest BCUT2D eigenvalue weighted by molar-refractivity contribution is 5.95. The molecule has 0 spiro atoms. The van der Waals surface area contributed by atoms with Crippen LogP contribution < -0.4 is 0 Å². The molecule has 1 saturated heterocycles. The number of carbonyl (C=O) groups excluding carboxylic acids is 1. The normalized spacial score (nSPS) is 20.9. The van der Waals surface area contributed by atoms with Gasteiger partial charge in [-0.05, 0) is 32.9 Å². The van der Waals surface area contributed by atoms with E-state index >= 15 is 0 Å². The van der Waals surface area contributed by atoms with E-state index in [2.05, 4.69) is 4.98 Å². The van der Waals surface area contributed by atoms with Crippen molar-refractivity contribution in [2.45, 2.75) is 32.5 Å². The van der Waals surface area contributed by atoms with E-state index < -0.39 is 5.60 Å². The Hall–Kier alpha value is -1.92. The average Bonchev–Trinajstić information content (AvgIpc) is 2.88. The molecule has 0 N–H and O–H groups in total. The zero-order chi connectivity index (χ0) is 16.6. The maximum atomic E-state index is 12.8. The first kappa shape index (κ1) is 16.0. The lowest BCUT2D eigenvalue weighted by molar-refractivity contribution is -0.143. The molecule has 0 bridgehead atoms. The number of furan rings is 1. The number of aromatic nitrogens is 1. The Bertz CT molecular complexity index is 722. The van der Waals surface area contributed by atoms with Gasteiger partial charge in [0.05, 0.1) is 18.3 Å². The highest BCUT2D eigenvalue weighted by Gasteiger charge is 2.36. The maximum absolute atomic E-state index is 12.8. The van der Waals surface area contributed by atoms with E-state index in [0.29, 0.717) is 36.6 Å². The molecule has 1 atom stereocenters. The molecule has 124 valence electrons. The molecule has 1 fully saturated rings. The monoisotopic (exact) mass is 318 g/mol. The summed E-state index contributed by atoms with van der Waals surface area (Å²) in [5, 5.41) is 0. The standard InChI is InChI=1S/C17H22N2O4/c1-11-5-6-14-13(18-11)7-15(22-14)16(20)19-8-12(9-21-4)23-17(2,3)10-19/h5-7,12H,8-10H2,1-4H3. The predicted octanol–water partition coefficient (Wildman–Crippen LogP) is 2.40. The second-order valence-electron chi connectivity index (χ2n) is 6.59. The van der Waals surface area contributed by atoms with Crippen molar-refractivity contribution < 1.29 is 18.7 Å². The number of pyridine rings is 1. The van der Waals surface area contributed by atoms with Crippen LogP contribution in [0.25, 0.3) is 11.1 Å². The van der Waals surface area contributed by atoms with Gasteiger partial charge in [0.1, 0.15) is 5.52 Å². The number of ether oxygens (including phenoxy) is 2. The van der Waals surface area contributed by atoms with Crippen LogP contribution in [0.3, 0.4) is 0 Å². The quantitative estimate of drug-likeness (QED) is 0.869. The Balaban J connectivity index is 1.85. The van der Waals surface area contributed by atoms with Crippen molar-refractivity contribution in [1.29, 1.82) is 0 Å². The van der Waals surface area contributed by atoms with Gasteiger partial charge in [0, 0.05) is 32.0 Å². The highest BCUT2D eigenvalue weighted by Crippen LogP contribution is 2.25. The number of carbonyl (C=O) groups is 1. The Labute approximate surface area is 135 Å². The van der Waals surface area contributed by atoms with Crippen LogP contribution in [0.2, 0.25) is 0 Å². The number of hydrogen-bond donors (Lipinski definition) is 0. The second-order valence-corrected chi connectivity index (χ2v) is 6.59. The molecule has 2 aromatic heterocycles. The van der Waals surface area contributed by atoms with Gasteiger partial charge in [-0.15, -0.1) is 0 Å². The van der Waals surface area contributed by atoms with Crippen LogP contribution in [-0.2, 0) is 9.47 Å². The van der Waals surface area contributed by atoms with Crippen LogP contribution in [0, 0.1) is 6.92 Å². The summed E-state index contributed by atoms with van der Waals surface area (Å²) in [7, 11) is 1.63. The van der Waals surface area contributed by atoms with E-state index in [9.17, 15) is 4.79 Å². The van der Waals surface area contributed by atoms with Gasteiger partial charge in [-0.1, -0.05) is 0 Å². The van der Waals surface area contributed by atoms with Crippen LogP contribution in [0.4, 0.5) is 0 Å². The summed E-state index contributed by atoms with van der Waals surface area (Å²) in [6.45, 7) is 7.30. The molecule has 6 heteroatoms. The van der Waals surface area contributed by atoms with Gasteiger partial charge in [-0.3, -0.25) is 4.79 Å². The average molecular weight is 318 g/mol. The number of methoxy groups -OCH3 is 1. The molecule has 0 saturated carbocycles. The minimum Gasteiger partial charge on any atom is -0.449 e. The molecule has 0 radical (unpaired) electrons. The van der Waals surface area contributed by atoms with Crippen molar-refractivity contribution in [3.8, 4) is 0 Å². The lowest BCUT2D eigenvalue weighted by atomic mass is 10.0. The third kappa shape index (κ3) is 3.38. The zero-order valence-corrected chi connectivity index (χ0v) is 14.0. The molecule has 1 amide bonds. The largest absolute Gasteiger partial charge is 0.449 e. The summed E-state index contributed by atoms with van der Waals surface area (Å²) in [5.41, 5.74) is 1.80. The molecule has 3 rings (SSSR count). The minimum absolute atomic E-state index is 0.141. The molecule has 3 heterocycles. The Kier molecular flexibility index (Phi) is 4.12. The third-order valence-corrected chi connectivity index (χ3v) is 3.84. The zero-order valence-electron chi connectivity index (χ0n) is 14.0. The summed E-state index contributed by atoms with van der Waals surface area (Å²) in [4.78, 5) is 18.9. The smallest absolute Gasteiger partial charge is 0.289 e. The van der Waals surface area contributed by atoms with Gasteiger partial charge in [-0.2, -0.15) is 0 Å². The molecule has 0 aromatic carbocycles. The first-order valence-electron chi connectivity index (χ1n) is 7.71. The summed E-state index contributed by atoms with van der Waals surface area (Å²) < 4.78 is 16.8. The number of hydrogen-bond acceptors (Lipinski definition) is 5. The van der Waals surface area contributed by atoms with E-state index in [1.165, 1.54) is 0 Å². The second kappa shape index (κ2) is 5.94. The molecule has 1 unspecified atom stereocenters. The first-order valence-corrected chi connectivity index (χ1v) is 7.71. The third-order valence-electron chi connectivity index (χ3n) is 3.84. The lowest BCUT2D eigenvalue weighted by Gasteiger charge is -2.42. The van der Waals surface area contributed by atoms with Crippen LogP contribution >= 0.6 is 0 Å². The molecule has 6 nitrogen and oxygen atoms in total. The number of aryl methyl sites for hydroxylation is 1. The number of morpholine rings is 1. The van der Waals surface area contributed by atoms with Gasteiger partial charge >= 0.3 is 0 Å². The van der Waals surface area contributed by atoms with E-state index in [4.69, 9.17) is 13.9 Å². The fourth-order valence-corrected chi connectivity index (χ4v) is 3.01. The maximum Gasteiger partial charge on any atom is 0.289 e. The summed E-state index contributed by atoms with van der Waals surface area (Å²) in [5.74, 6) is 0.171. The molecule has 23 heavy (non-hydrogen) atoms. The van der Waals surface area contributed by atoms with E-state index in [0.717, 1.165) is 5.69 Å². The van der Waals surface area contributed by atoms with Crippen LogP contribution in [0.5, 0.6) is 0 Å². The van der Waals surface area contributed by atoms with E-state index in [1.807, 2.05) is 32.9 Å². The summed E-state index contributed by atoms with van der Waals surface area (Å²) in [6, 6.07) is 5.41. The van der Waals surface area contributed by atoms with Gasteiger partial charge in [-0.25, -0.2) is 4.98 Å². The predicted molar refractivity (Wildman–Crippen MR) is 85.5 cm³/mol. The van der Waals surface area contributed by atoms with Crippen molar-refractivity contribution >= 4 is 17.0 Å². The van der Waals surface area contributed by atoms with Crippen molar-refractivity contribution in [3.05, 3.63) is 29.7 Å². The van der Waals surface area contributed by atoms with E-state index in [1.54, 1.807) is 18.1 Å². The first-order chi connectivity index (χ1) is 10.9. The minimum atomic E-state index is -0.419. The van der Waals surface area contributed by atoms with Crippen molar-refractivity contribution in [1.82, 2.24) is 9.88 Å². The van der Waals surface area contributed by atoms with Gasteiger partial charge in [0.15, 0.2) is 11.3 Å². The summed E-state index contributed by atoms with van der Waals surface area (Å²) in [6.07, 6.45) is -0.141. The van der Waals surface area contributed by atoms with Crippen LogP contribution in [-0.4, -0.2) is 54.3 Å². The van der Waals surface area contributed by atoms with Crippen molar-refractivity contribution in [3.63, 3.8) is 0 Å². The fourth-order valence-electron chi connectivity index (χ4n) is 3.01. The van der Waals surface area contributed by atoms with E-state index in [-0.39, 0.29) is 12.0 Å². The van der Waals surface area contributed by atoms with Crippen LogP contribution in [0.1, 0.15) is 30.1 Å². The molecule has 1 aliphatic heterocycles. The van der Waals surface area contributed by atoms with Gasteiger partial charge < -0.3 is 18.8 Å². The number of rotatable bonds is 3. The van der Waals surface area contributed by atoms with Crippen molar-refractivity contribution in [2.24, 2.45) is 0 Å². The summed E-state index contributed by atoms with van der Waals surface area (Å²) >= 11 is 0. The highest BCUT2D eigenvalue weighted by atomic mass is 16.5. The molecule has 2 aromatic rings. The van der Waals surface area contributed by atoms with Gasteiger partial charge in [0.25, 0.3) is 5.91 Å². The molecular weight excluding hydrogens is 296 g/mol. The number of amides is 1. The molecule has 0 aliphatic carbocycles.